The second-order valence-corrected chi connectivity index (χ2v) is 6.94. The number of aromatic nitrogens is 3. The van der Waals surface area contributed by atoms with Gasteiger partial charge < -0.3 is 15.2 Å². The van der Waals surface area contributed by atoms with Crippen LogP contribution < -0.4 is 5.32 Å². The molecule has 1 aliphatic carbocycles. The summed E-state index contributed by atoms with van der Waals surface area (Å²) in [4.78, 5) is 23.1. The van der Waals surface area contributed by atoms with E-state index in [1.807, 2.05) is 24.3 Å². The van der Waals surface area contributed by atoms with E-state index in [4.69, 9.17) is 9.84 Å². The highest BCUT2D eigenvalue weighted by atomic mass is 16.5. The number of carboxylic acid groups (broad SMARTS) is 1. The fourth-order valence-electron chi connectivity index (χ4n) is 3.56. The Hall–Kier alpha value is -3.68. The summed E-state index contributed by atoms with van der Waals surface area (Å²) in [5.41, 5.74) is 4.51. The first-order valence-electron chi connectivity index (χ1n) is 9.28. The summed E-state index contributed by atoms with van der Waals surface area (Å²) in [5, 5.41) is 18.9. The van der Waals surface area contributed by atoms with Crippen LogP contribution in [0.25, 0.3) is 11.1 Å². The van der Waals surface area contributed by atoms with Gasteiger partial charge >= 0.3 is 12.1 Å². The summed E-state index contributed by atoms with van der Waals surface area (Å²) >= 11 is 0. The minimum Gasteiger partial charge on any atom is -0.476 e. The summed E-state index contributed by atoms with van der Waals surface area (Å²) in [7, 11) is 0. The number of carboxylic acids is 1. The van der Waals surface area contributed by atoms with Gasteiger partial charge in [0.25, 0.3) is 0 Å². The first kappa shape index (κ1) is 18.7. The number of nitrogens with one attached hydrogen (secondary N) is 1. The summed E-state index contributed by atoms with van der Waals surface area (Å²) in [5.74, 6) is -1.15. The van der Waals surface area contributed by atoms with Crippen LogP contribution in [-0.2, 0) is 4.74 Å². The van der Waals surface area contributed by atoms with E-state index >= 15 is 0 Å². The van der Waals surface area contributed by atoms with E-state index in [-0.39, 0.29) is 30.8 Å². The van der Waals surface area contributed by atoms with Gasteiger partial charge in [-0.25, -0.2) is 14.3 Å². The molecule has 0 fully saturated rings. The maximum atomic E-state index is 12.2. The fraction of sp³-hybridized carbons (Fsp3) is 0.238. The van der Waals surface area contributed by atoms with Gasteiger partial charge in [0.05, 0.1) is 12.2 Å². The summed E-state index contributed by atoms with van der Waals surface area (Å²) < 4.78 is 6.88. The molecule has 1 atom stereocenters. The van der Waals surface area contributed by atoms with Crippen LogP contribution in [0, 0.1) is 0 Å². The molecule has 0 radical (unpaired) electrons. The molecule has 8 nitrogen and oxygen atoms in total. The van der Waals surface area contributed by atoms with Crippen molar-refractivity contribution in [2.75, 3.05) is 13.2 Å². The van der Waals surface area contributed by atoms with Crippen molar-refractivity contribution in [3.05, 3.63) is 71.5 Å². The highest BCUT2D eigenvalue weighted by molar-refractivity contribution is 5.84. The highest BCUT2D eigenvalue weighted by Gasteiger charge is 2.29. The van der Waals surface area contributed by atoms with E-state index < -0.39 is 12.1 Å². The molecule has 1 heterocycles. The smallest absolute Gasteiger partial charge is 0.407 e. The first-order chi connectivity index (χ1) is 14.0. The predicted octanol–water partition coefficient (Wildman–Crippen LogP) is 3.08. The minimum absolute atomic E-state index is 0.000913. The zero-order valence-electron chi connectivity index (χ0n) is 15.8. The minimum atomic E-state index is -1.15. The second kappa shape index (κ2) is 7.75. The molecule has 3 aromatic rings. The Labute approximate surface area is 167 Å². The van der Waals surface area contributed by atoms with Crippen LogP contribution in [0.2, 0.25) is 0 Å². The van der Waals surface area contributed by atoms with Crippen LogP contribution >= 0.6 is 0 Å². The van der Waals surface area contributed by atoms with Gasteiger partial charge in [0.2, 0.25) is 0 Å². The topological polar surface area (TPSA) is 106 Å². The molecule has 148 valence electrons. The number of hydrogen-bond acceptors (Lipinski definition) is 5. The molecule has 0 bridgehead atoms. The van der Waals surface area contributed by atoms with Crippen LogP contribution in [-0.4, -0.2) is 45.3 Å². The third-order valence-electron chi connectivity index (χ3n) is 5.07. The Kier molecular flexibility index (Phi) is 4.99. The number of carbonyl (C=O) groups is 2. The van der Waals surface area contributed by atoms with Crippen LogP contribution in [0.4, 0.5) is 4.79 Å². The van der Waals surface area contributed by atoms with Crippen molar-refractivity contribution in [2.45, 2.75) is 18.9 Å². The van der Waals surface area contributed by atoms with Gasteiger partial charge in [0.15, 0.2) is 5.69 Å². The highest BCUT2D eigenvalue weighted by Crippen LogP contribution is 2.44. The Bertz CT molecular complexity index is 1020. The van der Waals surface area contributed by atoms with E-state index in [0.29, 0.717) is 0 Å². The molecule has 0 saturated heterocycles. The molecule has 1 aliphatic rings. The zero-order valence-corrected chi connectivity index (χ0v) is 15.8. The number of nitrogens with zero attached hydrogens (tertiary/aromatic N) is 3. The molecule has 4 rings (SSSR count). The molecule has 2 aromatic carbocycles. The molecule has 0 unspecified atom stereocenters. The number of fused-ring (bicyclic) bond motifs is 3. The lowest BCUT2D eigenvalue weighted by Crippen LogP contribution is -2.31. The zero-order chi connectivity index (χ0) is 20.4. The quantitative estimate of drug-likeness (QED) is 0.668. The van der Waals surface area contributed by atoms with Crippen molar-refractivity contribution in [3.63, 3.8) is 0 Å². The van der Waals surface area contributed by atoms with Gasteiger partial charge in [-0.05, 0) is 29.2 Å². The normalized spacial score (nSPS) is 13.4. The molecule has 0 spiro atoms. The predicted molar refractivity (Wildman–Crippen MR) is 105 cm³/mol. The maximum Gasteiger partial charge on any atom is 0.407 e. The fourth-order valence-corrected chi connectivity index (χ4v) is 3.56. The average Bonchev–Trinajstić information content (AvgIpc) is 3.34. The van der Waals surface area contributed by atoms with Gasteiger partial charge in [-0.2, -0.15) is 0 Å². The largest absolute Gasteiger partial charge is 0.476 e. The Balaban J connectivity index is 1.36. The maximum absolute atomic E-state index is 12.2. The van der Waals surface area contributed by atoms with Crippen LogP contribution in [0.1, 0.15) is 40.5 Å². The van der Waals surface area contributed by atoms with Crippen molar-refractivity contribution in [2.24, 2.45) is 0 Å². The molecule has 1 amide bonds. The number of benzene rings is 2. The number of rotatable bonds is 6. The summed E-state index contributed by atoms with van der Waals surface area (Å²) in [6.45, 7) is 2.27. The van der Waals surface area contributed by atoms with Gasteiger partial charge in [-0.15, -0.1) is 5.10 Å². The third-order valence-corrected chi connectivity index (χ3v) is 5.07. The van der Waals surface area contributed by atoms with Crippen LogP contribution in [0.15, 0.2) is 54.7 Å². The number of carbonyl (C=O) groups excluding carboxylic acids is 1. The molecular weight excluding hydrogens is 372 g/mol. The van der Waals surface area contributed by atoms with E-state index in [9.17, 15) is 9.59 Å². The third kappa shape index (κ3) is 3.69. The molecule has 0 aliphatic heterocycles. The second-order valence-electron chi connectivity index (χ2n) is 6.94. The van der Waals surface area contributed by atoms with Crippen LogP contribution in [0.5, 0.6) is 0 Å². The van der Waals surface area contributed by atoms with Crippen molar-refractivity contribution in [1.29, 1.82) is 0 Å². The van der Waals surface area contributed by atoms with E-state index in [1.54, 1.807) is 6.92 Å². The van der Waals surface area contributed by atoms with E-state index in [1.165, 1.54) is 22.0 Å². The van der Waals surface area contributed by atoms with Crippen molar-refractivity contribution < 1.29 is 19.4 Å². The van der Waals surface area contributed by atoms with Gasteiger partial charge in [-0.3, -0.25) is 0 Å². The molecule has 0 saturated carbocycles. The summed E-state index contributed by atoms with van der Waals surface area (Å²) in [6, 6.07) is 16.0. The summed E-state index contributed by atoms with van der Waals surface area (Å²) in [6.07, 6.45) is 0.796. The average molecular weight is 392 g/mol. The number of aromatic carboxylic acids is 1. The Morgan fingerprint density at radius 3 is 2.34 bits per heavy atom. The van der Waals surface area contributed by atoms with E-state index in [2.05, 4.69) is 39.9 Å². The number of hydrogen-bond donors (Lipinski definition) is 2. The van der Waals surface area contributed by atoms with Gasteiger partial charge in [0, 0.05) is 12.5 Å². The lowest BCUT2D eigenvalue weighted by Gasteiger charge is -2.16. The van der Waals surface area contributed by atoms with Crippen molar-refractivity contribution >= 4 is 12.1 Å². The number of alkyl carbamates (subject to hydrolysis) is 1. The SMILES string of the molecule is C[C@@H](CNC(=O)OCC1c2ccccc2-c2ccccc21)n1cc(C(=O)O)nn1. The lowest BCUT2D eigenvalue weighted by atomic mass is 9.98. The molecular formula is C21H20N4O4. The molecule has 8 heteroatoms. The first-order valence-corrected chi connectivity index (χ1v) is 9.28. The molecule has 1 aromatic heterocycles. The monoisotopic (exact) mass is 392 g/mol. The Morgan fingerprint density at radius 2 is 1.76 bits per heavy atom. The van der Waals surface area contributed by atoms with Crippen LogP contribution in [0.3, 0.4) is 0 Å². The standard InChI is InChI=1S/C21H20N4O4/c1-13(25-11-19(20(26)27)23-24-25)10-22-21(28)29-12-18-16-8-4-2-6-14(16)15-7-3-5-9-17(15)18/h2-9,11,13,18H,10,12H2,1H3,(H,22,28)(H,26,27)/t13-/m0/s1. The van der Waals surface area contributed by atoms with Gasteiger partial charge in [-0.1, -0.05) is 53.7 Å². The van der Waals surface area contributed by atoms with E-state index in [0.717, 1.165) is 11.1 Å². The molecule has 2 N–H and O–H groups in total. The van der Waals surface area contributed by atoms with Crippen molar-refractivity contribution in [3.8, 4) is 11.1 Å². The molecule has 29 heavy (non-hydrogen) atoms. The number of amides is 1. The van der Waals surface area contributed by atoms with Crippen molar-refractivity contribution in [1.82, 2.24) is 20.3 Å². The lowest BCUT2D eigenvalue weighted by molar-refractivity contribution is 0.0690. The number of ether oxygens (including phenoxy) is 1. The van der Waals surface area contributed by atoms with Gasteiger partial charge in [0.1, 0.15) is 6.61 Å². The Morgan fingerprint density at radius 1 is 1.14 bits per heavy atom.